The fourth-order valence-electron chi connectivity index (χ4n) is 2.63. The Kier molecular flexibility index (Phi) is 5.36. The van der Waals surface area contributed by atoms with Gasteiger partial charge in [-0.3, -0.25) is 4.79 Å². The molecule has 1 saturated heterocycles. The van der Waals surface area contributed by atoms with Gasteiger partial charge in [0.05, 0.1) is 0 Å². The van der Waals surface area contributed by atoms with Crippen molar-refractivity contribution in [3.05, 3.63) is 11.9 Å². The fraction of sp³-hybridized carbons (Fsp3) is 0.667. The second-order valence-corrected chi connectivity index (χ2v) is 5.44. The summed E-state index contributed by atoms with van der Waals surface area (Å²) in [4.78, 5) is 22.6. The summed E-state index contributed by atoms with van der Waals surface area (Å²) in [5.41, 5.74) is 0. The molecule has 2 N–H and O–H groups in total. The van der Waals surface area contributed by atoms with E-state index in [-0.39, 0.29) is 11.9 Å². The van der Waals surface area contributed by atoms with Gasteiger partial charge in [0.1, 0.15) is 17.5 Å². The van der Waals surface area contributed by atoms with Gasteiger partial charge in [0.25, 0.3) is 0 Å². The van der Waals surface area contributed by atoms with Crippen LogP contribution in [0.2, 0.25) is 0 Å². The standard InChI is InChI=1S/C15H25N5O/c1-4-6-13-18-14(16-5-2)9-15(19-13)20-8-7-12(10-20)17-11(3)21/h9,12H,4-8,10H2,1-3H3,(H,17,21)(H,16,18,19). The third-order valence-corrected chi connectivity index (χ3v) is 3.51. The Labute approximate surface area is 126 Å². The molecule has 1 atom stereocenters. The van der Waals surface area contributed by atoms with E-state index in [4.69, 9.17) is 0 Å². The van der Waals surface area contributed by atoms with Gasteiger partial charge >= 0.3 is 0 Å². The number of anilines is 2. The summed E-state index contributed by atoms with van der Waals surface area (Å²) < 4.78 is 0. The first-order chi connectivity index (χ1) is 10.1. The number of carbonyl (C=O) groups is 1. The number of hydrogen-bond acceptors (Lipinski definition) is 5. The lowest BCUT2D eigenvalue weighted by atomic mass is 10.2. The van der Waals surface area contributed by atoms with E-state index in [0.29, 0.717) is 0 Å². The summed E-state index contributed by atoms with van der Waals surface area (Å²) in [6.45, 7) is 8.33. The maximum Gasteiger partial charge on any atom is 0.217 e. The maximum atomic E-state index is 11.2. The molecule has 1 aromatic heterocycles. The molecule has 2 heterocycles. The van der Waals surface area contributed by atoms with Crippen molar-refractivity contribution in [1.82, 2.24) is 15.3 Å². The molecule has 1 amide bonds. The molecule has 0 bridgehead atoms. The van der Waals surface area contributed by atoms with Gasteiger partial charge < -0.3 is 15.5 Å². The van der Waals surface area contributed by atoms with E-state index in [1.807, 2.05) is 6.07 Å². The van der Waals surface area contributed by atoms with Gasteiger partial charge in [0, 0.05) is 45.1 Å². The third kappa shape index (κ3) is 4.31. The highest BCUT2D eigenvalue weighted by Gasteiger charge is 2.24. The van der Waals surface area contributed by atoms with E-state index in [0.717, 1.165) is 56.4 Å². The van der Waals surface area contributed by atoms with Crippen LogP contribution in [0.5, 0.6) is 0 Å². The van der Waals surface area contributed by atoms with Crippen LogP contribution < -0.4 is 15.5 Å². The highest BCUT2D eigenvalue weighted by molar-refractivity contribution is 5.73. The summed E-state index contributed by atoms with van der Waals surface area (Å²) >= 11 is 0. The highest BCUT2D eigenvalue weighted by atomic mass is 16.1. The van der Waals surface area contributed by atoms with Gasteiger partial charge in [-0.25, -0.2) is 9.97 Å². The molecule has 0 radical (unpaired) electrons. The Morgan fingerprint density at radius 2 is 2.24 bits per heavy atom. The SMILES string of the molecule is CCCc1nc(NCC)cc(N2CCC(NC(C)=O)C2)n1. The van der Waals surface area contributed by atoms with Crippen molar-refractivity contribution in [2.24, 2.45) is 0 Å². The summed E-state index contributed by atoms with van der Waals surface area (Å²) in [7, 11) is 0. The van der Waals surface area contributed by atoms with Gasteiger partial charge in [-0.1, -0.05) is 6.92 Å². The van der Waals surface area contributed by atoms with Gasteiger partial charge in [0.2, 0.25) is 5.91 Å². The quantitative estimate of drug-likeness (QED) is 0.832. The first-order valence-electron chi connectivity index (χ1n) is 7.76. The van der Waals surface area contributed by atoms with Crippen LogP contribution in [0.15, 0.2) is 6.07 Å². The van der Waals surface area contributed by atoms with Gasteiger partial charge in [-0.15, -0.1) is 0 Å². The summed E-state index contributed by atoms with van der Waals surface area (Å²) in [6.07, 6.45) is 2.88. The summed E-state index contributed by atoms with van der Waals surface area (Å²) in [5, 5.41) is 6.25. The molecule has 0 spiro atoms. The van der Waals surface area contributed by atoms with Gasteiger partial charge in [0.15, 0.2) is 0 Å². The van der Waals surface area contributed by atoms with Crippen LogP contribution in [0.1, 0.15) is 39.4 Å². The second kappa shape index (κ2) is 7.24. The number of amides is 1. The van der Waals surface area contributed by atoms with Crippen molar-refractivity contribution in [3.63, 3.8) is 0 Å². The molecule has 6 heteroatoms. The summed E-state index contributed by atoms with van der Waals surface area (Å²) in [5.74, 6) is 2.75. The predicted octanol–water partition coefficient (Wildman–Crippen LogP) is 1.58. The minimum Gasteiger partial charge on any atom is -0.370 e. The van der Waals surface area contributed by atoms with Crippen molar-refractivity contribution >= 4 is 17.5 Å². The number of carbonyl (C=O) groups excluding carboxylic acids is 1. The number of nitrogens with one attached hydrogen (secondary N) is 2. The molecule has 21 heavy (non-hydrogen) atoms. The van der Waals surface area contributed by atoms with Crippen LogP contribution in [0.25, 0.3) is 0 Å². The monoisotopic (exact) mass is 291 g/mol. The number of hydrogen-bond donors (Lipinski definition) is 2. The highest BCUT2D eigenvalue weighted by Crippen LogP contribution is 2.21. The van der Waals surface area contributed by atoms with Crippen LogP contribution in [0, 0.1) is 0 Å². The second-order valence-electron chi connectivity index (χ2n) is 5.44. The first kappa shape index (κ1) is 15.5. The van der Waals surface area contributed by atoms with Crippen LogP contribution >= 0.6 is 0 Å². The lowest BCUT2D eigenvalue weighted by molar-refractivity contribution is -0.119. The van der Waals surface area contributed by atoms with E-state index < -0.39 is 0 Å². The van der Waals surface area contributed by atoms with Crippen LogP contribution in [0.4, 0.5) is 11.6 Å². The number of nitrogens with zero attached hydrogens (tertiary/aromatic N) is 3. The molecule has 1 aliphatic rings. The number of rotatable bonds is 6. The molecule has 0 aliphatic carbocycles. The zero-order valence-electron chi connectivity index (χ0n) is 13.1. The topological polar surface area (TPSA) is 70.2 Å². The molecule has 1 fully saturated rings. The van der Waals surface area contributed by atoms with Crippen LogP contribution in [-0.4, -0.2) is 41.6 Å². The Morgan fingerprint density at radius 3 is 2.90 bits per heavy atom. The molecular weight excluding hydrogens is 266 g/mol. The van der Waals surface area contributed by atoms with Crippen molar-refractivity contribution in [2.75, 3.05) is 29.9 Å². The average molecular weight is 291 g/mol. The normalized spacial score (nSPS) is 17.9. The molecule has 6 nitrogen and oxygen atoms in total. The van der Waals surface area contributed by atoms with Crippen LogP contribution in [0.3, 0.4) is 0 Å². The molecule has 1 aromatic rings. The maximum absolute atomic E-state index is 11.2. The number of aromatic nitrogens is 2. The van der Waals surface area contributed by atoms with E-state index in [1.54, 1.807) is 6.92 Å². The van der Waals surface area contributed by atoms with E-state index in [9.17, 15) is 4.79 Å². The Morgan fingerprint density at radius 1 is 1.43 bits per heavy atom. The van der Waals surface area contributed by atoms with Crippen molar-refractivity contribution in [3.8, 4) is 0 Å². The molecule has 1 aliphatic heterocycles. The Hall–Kier alpha value is -1.85. The molecular formula is C15H25N5O. The largest absolute Gasteiger partial charge is 0.370 e. The zero-order valence-corrected chi connectivity index (χ0v) is 13.1. The molecule has 0 saturated carbocycles. The zero-order chi connectivity index (χ0) is 15.2. The van der Waals surface area contributed by atoms with E-state index in [2.05, 4.69) is 39.3 Å². The predicted molar refractivity (Wildman–Crippen MR) is 84.6 cm³/mol. The van der Waals surface area contributed by atoms with Gasteiger partial charge in [-0.05, 0) is 19.8 Å². The lowest BCUT2D eigenvalue weighted by Gasteiger charge is -2.19. The first-order valence-corrected chi connectivity index (χ1v) is 7.76. The molecule has 1 unspecified atom stereocenters. The Bertz CT molecular complexity index is 467. The van der Waals surface area contributed by atoms with Crippen molar-refractivity contribution in [1.29, 1.82) is 0 Å². The van der Waals surface area contributed by atoms with Crippen molar-refractivity contribution < 1.29 is 4.79 Å². The smallest absolute Gasteiger partial charge is 0.217 e. The van der Waals surface area contributed by atoms with Crippen molar-refractivity contribution in [2.45, 2.75) is 46.1 Å². The minimum absolute atomic E-state index is 0.0320. The van der Waals surface area contributed by atoms with Crippen LogP contribution in [-0.2, 0) is 11.2 Å². The van der Waals surface area contributed by atoms with E-state index >= 15 is 0 Å². The third-order valence-electron chi connectivity index (χ3n) is 3.51. The molecule has 2 rings (SSSR count). The lowest BCUT2D eigenvalue weighted by Crippen LogP contribution is -2.35. The van der Waals surface area contributed by atoms with E-state index in [1.165, 1.54) is 0 Å². The Balaban J connectivity index is 2.13. The fourth-order valence-corrected chi connectivity index (χ4v) is 2.63. The molecule has 116 valence electrons. The summed E-state index contributed by atoms with van der Waals surface area (Å²) in [6, 6.07) is 2.22. The van der Waals surface area contributed by atoms with Gasteiger partial charge in [-0.2, -0.15) is 0 Å². The number of aryl methyl sites for hydroxylation is 1. The molecule has 0 aromatic carbocycles. The minimum atomic E-state index is 0.0320. The average Bonchev–Trinajstić information content (AvgIpc) is 2.87.